The SMILES string of the molecule is CCCCCCCCCCCCC/C=C\[C@H](O)[C@@H](CO)NC(=O)CCCCCCCCCCCCCCCCCCCCCC. The Hall–Kier alpha value is -0.870. The Bertz CT molecular complexity index is 608. The summed E-state index contributed by atoms with van der Waals surface area (Å²) in [6.45, 7) is 4.31. The zero-order valence-corrected chi connectivity index (χ0v) is 30.7. The van der Waals surface area contributed by atoms with Gasteiger partial charge in [0, 0.05) is 6.42 Å². The van der Waals surface area contributed by atoms with Crippen LogP contribution >= 0.6 is 0 Å². The van der Waals surface area contributed by atoms with Crippen molar-refractivity contribution in [2.75, 3.05) is 6.61 Å². The van der Waals surface area contributed by atoms with Crippen molar-refractivity contribution in [1.82, 2.24) is 5.32 Å². The number of hydrogen-bond donors (Lipinski definition) is 3. The molecule has 0 unspecified atom stereocenters. The molecule has 0 saturated heterocycles. The molecule has 0 aliphatic rings. The van der Waals surface area contributed by atoms with Crippen LogP contribution in [0.15, 0.2) is 12.2 Å². The van der Waals surface area contributed by atoms with Gasteiger partial charge < -0.3 is 15.5 Å². The molecule has 0 aliphatic carbocycles. The summed E-state index contributed by atoms with van der Waals surface area (Å²) < 4.78 is 0. The summed E-state index contributed by atoms with van der Waals surface area (Å²) in [7, 11) is 0. The molecule has 4 heteroatoms. The van der Waals surface area contributed by atoms with Gasteiger partial charge in [-0.05, 0) is 19.3 Å². The molecule has 0 aliphatic heterocycles. The topological polar surface area (TPSA) is 69.6 Å². The number of amides is 1. The lowest BCUT2D eigenvalue weighted by Crippen LogP contribution is -2.45. The van der Waals surface area contributed by atoms with Crippen molar-refractivity contribution in [2.24, 2.45) is 0 Å². The first kappa shape index (κ1) is 44.1. The van der Waals surface area contributed by atoms with Crippen LogP contribution in [0.1, 0.15) is 226 Å². The minimum atomic E-state index is -0.832. The lowest BCUT2D eigenvalue weighted by Gasteiger charge is -2.20. The fraction of sp³-hybridized carbons (Fsp3) is 0.927. The van der Waals surface area contributed by atoms with Crippen LogP contribution in [0.2, 0.25) is 0 Å². The number of hydrogen-bond acceptors (Lipinski definition) is 3. The van der Waals surface area contributed by atoms with Crippen LogP contribution < -0.4 is 5.32 Å². The van der Waals surface area contributed by atoms with Crippen molar-refractivity contribution in [3.05, 3.63) is 12.2 Å². The van der Waals surface area contributed by atoms with Gasteiger partial charge in [0.1, 0.15) is 0 Å². The van der Waals surface area contributed by atoms with E-state index in [1.165, 1.54) is 180 Å². The molecule has 0 fully saturated rings. The van der Waals surface area contributed by atoms with E-state index >= 15 is 0 Å². The molecule has 1 amide bonds. The molecule has 0 aromatic heterocycles. The zero-order valence-electron chi connectivity index (χ0n) is 30.7. The standard InChI is InChI=1S/C41H81NO3/c1-3-5-7-9-11-13-15-17-18-19-20-21-22-23-25-27-29-31-33-35-37-41(45)42-39(38-43)40(44)36-34-32-30-28-26-24-16-14-12-10-8-6-4-2/h34,36,39-40,43-44H,3-33,35,37-38H2,1-2H3,(H,42,45)/b36-34-/t39-,40+/m1/s1. The van der Waals surface area contributed by atoms with Gasteiger partial charge in [0.25, 0.3) is 0 Å². The minimum absolute atomic E-state index is 0.0609. The van der Waals surface area contributed by atoms with E-state index < -0.39 is 12.1 Å². The smallest absolute Gasteiger partial charge is 0.220 e. The van der Waals surface area contributed by atoms with Crippen molar-refractivity contribution in [3.63, 3.8) is 0 Å². The van der Waals surface area contributed by atoms with E-state index in [0.717, 1.165) is 25.7 Å². The van der Waals surface area contributed by atoms with E-state index in [4.69, 9.17) is 0 Å². The van der Waals surface area contributed by atoms with Gasteiger partial charge in [0.15, 0.2) is 0 Å². The Morgan fingerprint density at radius 3 is 1.16 bits per heavy atom. The van der Waals surface area contributed by atoms with Crippen LogP contribution in [0.25, 0.3) is 0 Å². The molecule has 0 bridgehead atoms. The van der Waals surface area contributed by atoms with Crippen LogP contribution in [-0.2, 0) is 4.79 Å². The minimum Gasteiger partial charge on any atom is -0.394 e. The van der Waals surface area contributed by atoms with E-state index in [9.17, 15) is 15.0 Å². The second kappa shape index (κ2) is 37.6. The Morgan fingerprint density at radius 2 is 0.822 bits per heavy atom. The maximum absolute atomic E-state index is 12.3. The van der Waals surface area contributed by atoms with E-state index in [1.807, 2.05) is 6.08 Å². The Morgan fingerprint density at radius 1 is 0.511 bits per heavy atom. The third kappa shape index (κ3) is 34.3. The average molecular weight is 636 g/mol. The molecule has 0 spiro atoms. The number of rotatable bonds is 37. The van der Waals surface area contributed by atoms with Gasteiger partial charge in [-0.2, -0.15) is 0 Å². The lowest BCUT2D eigenvalue weighted by molar-refractivity contribution is -0.123. The fourth-order valence-corrected chi connectivity index (χ4v) is 6.35. The van der Waals surface area contributed by atoms with Gasteiger partial charge in [-0.1, -0.05) is 212 Å². The third-order valence-electron chi connectivity index (χ3n) is 9.52. The molecule has 0 heterocycles. The largest absolute Gasteiger partial charge is 0.394 e. The molecule has 0 saturated carbocycles. The molecule has 45 heavy (non-hydrogen) atoms. The molecule has 2 atom stereocenters. The Balaban J connectivity index is 3.52. The second-order valence-corrected chi connectivity index (χ2v) is 14.1. The van der Waals surface area contributed by atoms with Gasteiger partial charge in [0.05, 0.1) is 18.8 Å². The number of aliphatic hydroxyl groups excluding tert-OH is 2. The lowest BCUT2D eigenvalue weighted by atomic mass is 10.0. The highest BCUT2D eigenvalue weighted by Gasteiger charge is 2.17. The zero-order chi connectivity index (χ0) is 32.9. The summed E-state index contributed by atoms with van der Waals surface area (Å²) in [5.74, 6) is -0.0609. The third-order valence-corrected chi connectivity index (χ3v) is 9.52. The van der Waals surface area contributed by atoms with E-state index in [1.54, 1.807) is 6.08 Å². The van der Waals surface area contributed by atoms with Crippen LogP contribution in [0.4, 0.5) is 0 Å². The number of carbonyl (C=O) groups excluding carboxylic acids is 1. The first-order valence-electron chi connectivity index (χ1n) is 20.4. The summed E-state index contributed by atoms with van der Waals surface area (Å²) in [6.07, 6.45) is 45.9. The molecule has 3 N–H and O–H groups in total. The highest BCUT2D eigenvalue weighted by atomic mass is 16.3. The fourth-order valence-electron chi connectivity index (χ4n) is 6.35. The van der Waals surface area contributed by atoms with Crippen LogP contribution in [-0.4, -0.2) is 34.9 Å². The van der Waals surface area contributed by atoms with Gasteiger partial charge in [-0.25, -0.2) is 0 Å². The van der Waals surface area contributed by atoms with Crippen molar-refractivity contribution in [3.8, 4) is 0 Å². The molecule has 0 aromatic rings. The Kier molecular flexibility index (Phi) is 36.9. The maximum atomic E-state index is 12.3. The van der Waals surface area contributed by atoms with Crippen molar-refractivity contribution in [2.45, 2.75) is 238 Å². The van der Waals surface area contributed by atoms with E-state index in [-0.39, 0.29) is 12.5 Å². The second-order valence-electron chi connectivity index (χ2n) is 14.1. The molecular weight excluding hydrogens is 554 g/mol. The summed E-state index contributed by atoms with van der Waals surface area (Å²) >= 11 is 0. The average Bonchev–Trinajstić information content (AvgIpc) is 3.04. The summed E-state index contributed by atoms with van der Waals surface area (Å²) in [5.41, 5.74) is 0. The monoisotopic (exact) mass is 636 g/mol. The number of aliphatic hydroxyl groups is 2. The van der Waals surface area contributed by atoms with E-state index in [0.29, 0.717) is 6.42 Å². The maximum Gasteiger partial charge on any atom is 0.220 e. The number of nitrogens with one attached hydrogen (secondary N) is 1. The van der Waals surface area contributed by atoms with Gasteiger partial charge in [0.2, 0.25) is 5.91 Å². The van der Waals surface area contributed by atoms with Gasteiger partial charge in [-0.15, -0.1) is 0 Å². The van der Waals surface area contributed by atoms with Crippen molar-refractivity contribution < 1.29 is 15.0 Å². The van der Waals surface area contributed by atoms with Crippen LogP contribution in [0.5, 0.6) is 0 Å². The van der Waals surface area contributed by atoms with Crippen LogP contribution in [0, 0.1) is 0 Å². The molecule has 0 rings (SSSR count). The molecule has 268 valence electrons. The molecule has 0 aromatic carbocycles. The molecular formula is C41H81NO3. The summed E-state index contributed by atoms with van der Waals surface area (Å²) in [4.78, 5) is 12.3. The summed E-state index contributed by atoms with van der Waals surface area (Å²) in [6, 6.07) is -0.615. The van der Waals surface area contributed by atoms with Crippen molar-refractivity contribution >= 4 is 5.91 Å². The summed E-state index contributed by atoms with van der Waals surface area (Å²) in [5, 5.41) is 22.9. The van der Waals surface area contributed by atoms with Gasteiger partial charge in [-0.3, -0.25) is 4.79 Å². The first-order chi connectivity index (χ1) is 22.2. The molecule has 0 radical (unpaired) electrons. The van der Waals surface area contributed by atoms with Crippen LogP contribution in [0.3, 0.4) is 0 Å². The highest BCUT2D eigenvalue weighted by Crippen LogP contribution is 2.16. The highest BCUT2D eigenvalue weighted by molar-refractivity contribution is 5.76. The quantitative estimate of drug-likeness (QED) is 0.0470. The normalized spacial score (nSPS) is 13.1. The van der Waals surface area contributed by atoms with Gasteiger partial charge >= 0.3 is 0 Å². The number of allylic oxidation sites excluding steroid dienone is 1. The number of carbonyl (C=O) groups is 1. The van der Waals surface area contributed by atoms with E-state index in [2.05, 4.69) is 19.2 Å². The predicted molar refractivity (Wildman–Crippen MR) is 198 cm³/mol. The first-order valence-corrected chi connectivity index (χ1v) is 20.4. The van der Waals surface area contributed by atoms with Crippen molar-refractivity contribution in [1.29, 1.82) is 0 Å². The number of unbranched alkanes of at least 4 members (excludes halogenated alkanes) is 30. The predicted octanol–water partition coefficient (Wildman–Crippen LogP) is 12.3. The molecule has 4 nitrogen and oxygen atoms in total. The Labute approximate surface area is 282 Å².